The molecule has 4 aromatic carbocycles. The highest BCUT2D eigenvalue weighted by atomic mass is 16.5. The molecule has 1 N–H and O–H groups in total. The number of hydrazone groups is 1. The predicted molar refractivity (Wildman–Crippen MR) is 134 cm³/mol. The van der Waals surface area contributed by atoms with Gasteiger partial charge in [-0.1, -0.05) is 36.4 Å². The van der Waals surface area contributed by atoms with Crippen LogP contribution in [0.3, 0.4) is 0 Å². The van der Waals surface area contributed by atoms with Crippen LogP contribution in [0.2, 0.25) is 0 Å². The van der Waals surface area contributed by atoms with Crippen molar-refractivity contribution in [3.05, 3.63) is 102 Å². The second-order valence-corrected chi connectivity index (χ2v) is 7.66. The maximum Gasteiger partial charge on any atom is 0.343 e. The number of esters is 1. The molecule has 0 fully saturated rings. The molecule has 0 radical (unpaired) electrons. The Hall–Kier alpha value is -4.65. The van der Waals surface area contributed by atoms with Crippen molar-refractivity contribution < 1.29 is 23.8 Å². The largest absolute Gasteiger partial charge is 0.497 e. The quantitative estimate of drug-likeness (QED) is 0.171. The number of ether oxygens (including phenoxy) is 3. The van der Waals surface area contributed by atoms with E-state index < -0.39 is 12.1 Å². The van der Waals surface area contributed by atoms with Gasteiger partial charge in [-0.3, -0.25) is 4.79 Å². The van der Waals surface area contributed by atoms with Crippen LogP contribution in [-0.4, -0.2) is 31.3 Å². The van der Waals surface area contributed by atoms with E-state index in [2.05, 4.69) is 10.5 Å². The van der Waals surface area contributed by atoms with Gasteiger partial charge in [0.1, 0.15) is 17.2 Å². The molecular formula is C28H24N2O5. The van der Waals surface area contributed by atoms with Gasteiger partial charge in [-0.05, 0) is 72.5 Å². The fourth-order valence-electron chi connectivity index (χ4n) is 3.32. The van der Waals surface area contributed by atoms with Gasteiger partial charge in [0.25, 0.3) is 5.91 Å². The molecule has 0 aliphatic rings. The van der Waals surface area contributed by atoms with E-state index in [1.165, 1.54) is 6.21 Å². The molecule has 0 aromatic heterocycles. The maximum atomic E-state index is 12.4. The topological polar surface area (TPSA) is 86.2 Å². The van der Waals surface area contributed by atoms with Crippen molar-refractivity contribution in [2.75, 3.05) is 7.11 Å². The van der Waals surface area contributed by atoms with E-state index >= 15 is 0 Å². The van der Waals surface area contributed by atoms with Crippen molar-refractivity contribution in [3.63, 3.8) is 0 Å². The van der Waals surface area contributed by atoms with Gasteiger partial charge in [0, 0.05) is 5.39 Å². The predicted octanol–water partition coefficient (Wildman–Crippen LogP) is 4.99. The van der Waals surface area contributed by atoms with Crippen molar-refractivity contribution in [1.29, 1.82) is 0 Å². The van der Waals surface area contributed by atoms with Gasteiger partial charge in [-0.2, -0.15) is 5.10 Å². The Balaban J connectivity index is 1.30. The highest BCUT2D eigenvalue weighted by Gasteiger charge is 2.15. The first-order valence-corrected chi connectivity index (χ1v) is 11.0. The standard InChI is InChI=1S/C28H24N2O5/c1-19(34-26-9-5-7-21-6-3-4-8-25(21)26)27(31)30-29-18-20-10-14-24(15-11-20)35-28(32)22-12-16-23(33-2)17-13-22/h3-19H,1-2H3,(H,30,31)/b29-18-/t19-/m1/s1. The molecule has 1 atom stereocenters. The summed E-state index contributed by atoms with van der Waals surface area (Å²) in [4.78, 5) is 24.7. The zero-order valence-electron chi connectivity index (χ0n) is 19.3. The number of nitrogens with zero attached hydrogens (tertiary/aromatic N) is 1. The van der Waals surface area contributed by atoms with E-state index in [9.17, 15) is 9.59 Å². The monoisotopic (exact) mass is 468 g/mol. The number of rotatable bonds is 8. The number of benzene rings is 4. The van der Waals surface area contributed by atoms with E-state index in [1.807, 2.05) is 42.5 Å². The van der Waals surface area contributed by atoms with E-state index in [-0.39, 0.29) is 5.91 Å². The molecule has 176 valence electrons. The minimum Gasteiger partial charge on any atom is -0.497 e. The van der Waals surface area contributed by atoms with E-state index in [0.29, 0.717) is 22.8 Å². The first-order valence-electron chi connectivity index (χ1n) is 11.0. The fourth-order valence-corrected chi connectivity index (χ4v) is 3.32. The van der Waals surface area contributed by atoms with E-state index in [1.54, 1.807) is 62.6 Å². The molecule has 7 heteroatoms. The van der Waals surface area contributed by atoms with Crippen LogP contribution in [0.1, 0.15) is 22.8 Å². The van der Waals surface area contributed by atoms with Crippen molar-refractivity contribution in [1.82, 2.24) is 5.43 Å². The summed E-state index contributed by atoms with van der Waals surface area (Å²) in [5.41, 5.74) is 3.62. The lowest BCUT2D eigenvalue weighted by atomic mass is 10.1. The SMILES string of the molecule is COc1ccc(C(=O)Oc2ccc(/C=N\NC(=O)[C@@H](C)Oc3cccc4ccccc34)cc2)cc1. The van der Waals surface area contributed by atoms with Crippen molar-refractivity contribution in [2.24, 2.45) is 5.10 Å². The zero-order valence-corrected chi connectivity index (χ0v) is 19.3. The number of methoxy groups -OCH3 is 1. The van der Waals surface area contributed by atoms with Gasteiger partial charge in [0.15, 0.2) is 6.10 Å². The van der Waals surface area contributed by atoms with Gasteiger partial charge >= 0.3 is 5.97 Å². The first kappa shape index (κ1) is 23.5. The van der Waals surface area contributed by atoms with Crippen LogP contribution in [-0.2, 0) is 4.79 Å². The van der Waals surface area contributed by atoms with Crippen LogP contribution >= 0.6 is 0 Å². The summed E-state index contributed by atoms with van der Waals surface area (Å²) < 4.78 is 16.3. The molecular weight excluding hydrogens is 444 g/mol. The lowest BCUT2D eigenvalue weighted by Gasteiger charge is -2.14. The Morgan fingerprint density at radius 3 is 2.29 bits per heavy atom. The van der Waals surface area contributed by atoms with Crippen LogP contribution in [0.25, 0.3) is 10.8 Å². The molecule has 0 saturated carbocycles. The van der Waals surface area contributed by atoms with Crippen LogP contribution in [0.4, 0.5) is 0 Å². The van der Waals surface area contributed by atoms with Crippen LogP contribution in [0.5, 0.6) is 17.2 Å². The molecule has 4 aromatic rings. The Kier molecular flexibility index (Phi) is 7.37. The summed E-state index contributed by atoms with van der Waals surface area (Å²) in [6.45, 7) is 1.67. The molecule has 0 heterocycles. The van der Waals surface area contributed by atoms with Gasteiger partial charge in [0.2, 0.25) is 0 Å². The van der Waals surface area contributed by atoms with Gasteiger partial charge in [-0.25, -0.2) is 10.2 Å². The minimum absolute atomic E-state index is 0.376. The van der Waals surface area contributed by atoms with E-state index in [0.717, 1.165) is 16.3 Å². The zero-order chi connectivity index (χ0) is 24.6. The molecule has 7 nitrogen and oxygen atoms in total. The summed E-state index contributed by atoms with van der Waals surface area (Å²) in [5, 5.41) is 5.97. The molecule has 0 saturated heterocycles. The third kappa shape index (κ3) is 6.03. The van der Waals surface area contributed by atoms with Crippen molar-refractivity contribution in [2.45, 2.75) is 13.0 Å². The third-order valence-corrected chi connectivity index (χ3v) is 5.23. The number of hydrogen-bond donors (Lipinski definition) is 1. The number of fused-ring (bicyclic) bond motifs is 1. The molecule has 0 aliphatic carbocycles. The molecule has 1 amide bonds. The number of hydrogen-bond acceptors (Lipinski definition) is 6. The van der Waals surface area contributed by atoms with Crippen LogP contribution < -0.4 is 19.6 Å². The van der Waals surface area contributed by atoms with Crippen molar-refractivity contribution >= 4 is 28.9 Å². The third-order valence-electron chi connectivity index (χ3n) is 5.23. The second-order valence-electron chi connectivity index (χ2n) is 7.66. The summed E-state index contributed by atoms with van der Waals surface area (Å²) in [5.74, 6) is 0.839. The summed E-state index contributed by atoms with van der Waals surface area (Å²) in [7, 11) is 1.56. The number of carbonyl (C=O) groups is 2. The number of nitrogens with one attached hydrogen (secondary N) is 1. The molecule has 4 rings (SSSR count). The highest BCUT2D eigenvalue weighted by Crippen LogP contribution is 2.26. The highest BCUT2D eigenvalue weighted by molar-refractivity contribution is 5.91. The van der Waals surface area contributed by atoms with Gasteiger partial charge in [-0.15, -0.1) is 0 Å². The maximum absolute atomic E-state index is 12.4. The molecule has 0 unspecified atom stereocenters. The van der Waals surface area contributed by atoms with Gasteiger partial charge < -0.3 is 14.2 Å². The molecule has 0 aliphatic heterocycles. The van der Waals surface area contributed by atoms with Crippen LogP contribution in [0, 0.1) is 0 Å². The average Bonchev–Trinajstić information content (AvgIpc) is 2.90. The average molecular weight is 469 g/mol. The fraction of sp³-hybridized carbons (Fsp3) is 0.107. The van der Waals surface area contributed by atoms with Gasteiger partial charge in [0.05, 0.1) is 18.9 Å². The summed E-state index contributed by atoms with van der Waals surface area (Å²) in [6, 6.07) is 26.9. The Bertz CT molecular complexity index is 1340. The minimum atomic E-state index is -0.738. The number of carbonyl (C=O) groups excluding carboxylic acids is 2. The Morgan fingerprint density at radius 1 is 0.857 bits per heavy atom. The normalized spacial score (nSPS) is 11.7. The summed E-state index contributed by atoms with van der Waals surface area (Å²) in [6.07, 6.45) is 0.759. The Morgan fingerprint density at radius 2 is 1.54 bits per heavy atom. The van der Waals surface area contributed by atoms with E-state index in [4.69, 9.17) is 14.2 Å². The Labute approximate surface area is 202 Å². The van der Waals surface area contributed by atoms with Crippen molar-refractivity contribution in [3.8, 4) is 17.2 Å². The molecule has 0 spiro atoms. The molecule has 0 bridgehead atoms. The lowest BCUT2D eigenvalue weighted by Crippen LogP contribution is -2.33. The second kappa shape index (κ2) is 11.0. The van der Waals surface area contributed by atoms with Crippen LogP contribution in [0.15, 0.2) is 96.1 Å². The first-order chi connectivity index (χ1) is 17.0. The molecule has 35 heavy (non-hydrogen) atoms. The lowest BCUT2D eigenvalue weighted by molar-refractivity contribution is -0.127. The smallest absolute Gasteiger partial charge is 0.343 e. The summed E-state index contributed by atoms with van der Waals surface area (Å²) >= 11 is 0. The number of amides is 1.